The van der Waals surface area contributed by atoms with Gasteiger partial charge in [0, 0.05) is 5.75 Å². The molecule has 1 aromatic carbocycles. The largest absolute Gasteiger partial charge is 0.382 e. The number of hydrogen-bond acceptors (Lipinski definition) is 5. The number of aromatic amines is 1. The van der Waals surface area contributed by atoms with Crippen molar-refractivity contribution in [3.05, 3.63) is 58.7 Å². The van der Waals surface area contributed by atoms with Gasteiger partial charge < -0.3 is 11.1 Å². The summed E-state index contributed by atoms with van der Waals surface area (Å²) >= 11 is 1.24. The summed E-state index contributed by atoms with van der Waals surface area (Å²) in [5, 5.41) is 2.59. The van der Waals surface area contributed by atoms with E-state index in [-0.39, 0.29) is 17.1 Å². The Bertz CT molecular complexity index is 776. The molecule has 0 fully saturated rings. The Balaban J connectivity index is 2.27. The lowest BCUT2D eigenvalue weighted by Crippen LogP contribution is -2.23. The van der Waals surface area contributed by atoms with Crippen molar-refractivity contribution in [3.63, 3.8) is 0 Å². The molecule has 1 amide bonds. The van der Waals surface area contributed by atoms with E-state index in [9.17, 15) is 14.0 Å². The van der Waals surface area contributed by atoms with Crippen LogP contribution in [0.5, 0.6) is 0 Å². The molecule has 8 heteroatoms. The maximum Gasteiger partial charge on any atom is 0.277 e. The highest BCUT2D eigenvalue weighted by molar-refractivity contribution is 7.99. The summed E-state index contributed by atoms with van der Waals surface area (Å²) in [6.07, 6.45) is 1.65. The molecule has 0 saturated carbocycles. The maximum atomic E-state index is 13.5. The summed E-state index contributed by atoms with van der Waals surface area (Å²) in [6.45, 7) is 3.55. The Morgan fingerprint density at radius 3 is 2.86 bits per heavy atom. The van der Waals surface area contributed by atoms with E-state index in [2.05, 4.69) is 21.9 Å². The summed E-state index contributed by atoms with van der Waals surface area (Å²) in [5.74, 6) is -1.06. The first-order chi connectivity index (χ1) is 10.5. The van der Waals surface area contributed by atoms with E-state index in [4.69, 9.17) is 5.73 Å². The van der Waals surface area contributed by atoms with E-state index in [1.54, 1.807) is 6.08 Å². The first kappa shape index (κ1) is 15.8. The predicted octanol–water partition coefficient (Wildman–Crippen LogP) is 2.02. The van der Waals surface area contributed by atoms with Gasteiger partial charge in [0.15, 0.2) is 11.0 Å². The molecule has 0 spiro atoms. The molecule has 114 valence electrons. The van der Waals surface area contributed by atoms with Gasteiger partial charge in [-0.05, 0) is 12.1 Å². The SMILES string of the molecule is C=CCSc1nc(N)c(NC(=O)c2ccccc2F)c(=O)[nH]1. The van der Waals surface area contributed by atoms with Crippen molar-refractivity contribution in [1.29, 1.82) is 0 Å². The summed E-state index contributed by atoms with van der Waals surface area (Å²) in [4.78, 5) is 30.4. The minimum absolute atomic E-state index is 0.139. The highest BCUT2D eigenvalue weighted by Gasteiger charge is 2.16. The van der Waals surface area contributed by atoms with Crippen LogP contribution < -0.4 is 16.6 Å². The van der Waals surface area contributed by atoms with Crippen LogP contribution in [-0.4, -0.2) is 21.6 Å². The lowest BCUT2D eigenvalue weighted by atomic mass is 10.2. The quantitative estimate of drug-likeness (QED) is 0.444. The monoisotopic (exact) mass is 320 g/mol. The summed E-state index contributed by atoms with van der Waals surface area (Å²) in [5.41, 5.74) is 4.67. The molecule has 0 unspecified atom stereocenters. The van der Waals surface area contributed by atoms with Crippen LogP contribution >= 0.6 is 11.8 Å². The number of carbonyl (C=O) groups is 1. The van der Waals surface area contributed by atoms with Crippen molar-refractivity contribution >= 4 is 29.2 Å². The number of nitrogens with two attached hydrogens (primary N) is 1. The molecule has 0 radical (unpaired) electrons. The second-order valence-electron chi connectivity index (χ2n) is 4.16. The minimum atomic E-state index is -0.774. The zero-order valence-corrected chi connectivity index (χ0v) is 12.2. The Morgan fingerprint density at radius 1 is 1.50 bits per heavy atom. The van der Waals surface area contributed by atoms with Gasteiger partial charge in [0.05, 0.1) is 5.56 Å². The van der Waals surface area contributed by atoms with E-state index >= 15 is 0 Å². The van der Waals surface area contributed by atoms with Gasteiger partial charge in [0.1, 0.15) is 11.5 Å². The molecule has 22 heavy (non-hydrogen) atoms. The van der Waals surface area contributed by atoms with Crippen molar-refractivity contribution in [2.45, 2.75) is 5.16 Å². The number of nitrogen functional groups attached to an aromatic ring is 1. The molecule has 6 nitrogen and oxygen atoms in total. The molecule has 0 atom stereocenters. The highest BCUT2D eigenvalue weighted by atomic mass is 32.2. The van der Waals surface area contributed by atoms with Gasteiger partial charge in [0.25, 0.3) is 11.5 Å². The van der Waals surface area contributed by atoms with E-state index in [0.717, 1.165) is 6.07 Å². The number of nitrogens with one attached hydrogen (secondary N) is 2. The van der Waals surface area contributed by atoms with Crippen molar-refractivity contribution in [1.82, 2.24) is 9.97 Å². The summed E-state index contributed by atoms with van der Waals surface area (Å²) in [7, 11) is 0. The van der Waals surface area contributed by atoms with E-state index in [1.165, 1.54) is 30.0 Å². The van der Waals surface area contributed by atoms with E-state index < -0.39 is 17.3 Å². The lowest BCUT2D eigenvalue weighted by Gasteiger charge is -2.08. The van der Waals surface area contributed by atoms with Crippen LogP contribution in [0, 0.1) is 5.82 Å². The Hall–Kier alpha value is -2.61. The standard InChI is InChI=1S/C14H13FN4O2S/c1-2-7-22-14-18-11(16)10(13(21)19-14)17-12(20)8-5-3-4-6-9(8)15/h2-6H,1,7H2,(H,17,20)(H3,16,18,19,21). The second-order valence-corrected chi connectivity index (χ2v) is 5.17. The van der Waals surface area contributed by atoms with E-state index in [0.29, 0.717) is 10.9 Å². The van der Waals surface area contributed by atoms with Gasteiger partial charge in [-0.25, -0.2) is 9.37 Å². The number of thioether (sulfide) groups is 1. The number of rotatable bonds is 5. The maximum absolute atomic E-state index is 13.5. The molecular formula is C14H13FN4O2S. The Morgan fingerprint density at radius 2 is 2.23 bits per heavy atom. The molecule has 2 rings (SSSR count). The smallest absolute Gasteiger partial charge is 0.277 e. The van der Waals surface area contributed by atoms with Gasteiger partial charge in [0.2, 0.25) is 0 Å². The molecule has 4 N–H and O–H groups in total. The predicted molar refractivity (Wildman–Crippen MR) is 84.5 cm³/mol. The topological polar surface area (TPSA) is 101 Å². The minimum Gasteiger partial charge on any atom is -0.382 e. The van der Waals surface area contributed by atoms with Crippen LogP contribution in [0.3, 0.4) is 0 Å². The lowest BCUT2D eigenvalue weighted by molar-refractivity contribution is 0.102. The number of carbonyl (C=O) groups excluding carboxylic acids is 1. The molecule has 0 bridgehead atoms. The van der Waals surface area contributed by atoms with Crippen LogP contribution in [0.15, 0.2) is 46.9 Å². The molecule has 2 aromatic rings. The molecule has 0 aliphatic heterocycles. The number of halogens is 1. The number of H-pyrrole nitrogens is 1. The van der Waals surface area contributed by atoms with Crippen molar-refractivity contribution < 1.29 is 9.18 Å². The summed E-state index contributed by atoms with van der Waals surface area (Å²) < 4.78 is 13.5. The number of nitrogens with zero attached hydrogens (tertiary/aromatic N) is 1. The van der Waals surface area contributed by atoms with E-state index in [1.807, 2.05) is 0 Å². The third kappa shape index (κ3) is 3.53. The molecule has 1 heterocycles. The number of amides is 1. The van der Waals surface area contributed by atoms with Gasteiger partial charge in [-0.15, -0.1) is 6.58 Å². The fraction of sp³-hybridized carbons (Fsp3) is 0.0714. The third-order valence-corrected chi connectivity index (χ3v) is 3.49. The van der Waals surface area contributed by atoms with Crippen LogP contribution in [0.4, 0.5) is 15.9 Å². The molecular weight excluding hydrogens is 307 g/mol. The number of anilines is 2. The Kier molecular flexibility index (Phi) is 4.95. The van der Waals surface area contributed by atoms with Crippen LogP contribution in [0.1, 0.15) is 10.4 Å². The van der Waals surface area contributed by atoms with Gasteiger partial charge in [-0.3, -0.25) is 14.6 Å². The first-order valence-electron chi connectivity index (χ1n) is 6.22. The summed E-state index contributed by atoms with van der Waals surface area (Å²) in [6, 6.07) is 5.42. The normalized spacial score (nSPS) is 10.2. The Labute approximate surface area is 129 Å². The van der Waals surface area contributed by atoms with Crippen LogP contribution in [0.2, 0.25) is 0 Å². The van der Waals surface area contributed by atoms with Gasteiger partial charge in [-0.2, -0.15) is 0 Å². The van der Waals surface area contributed by atoms with Crippen molar-refractivity contribution in [2.75, 3.05) is 16.8 Å². The molecule has 0 saturated heterocycles. The zero-order chi connectivity index (χ0) is 16.1. The fourth-order valence-electron chi connectivity index (χ4n) is 1.62. The van der Waals surface area contributed by atoms with Crippen molar-refractivity contribution in [2.24, 2.45) is 0 Å². The van der Waals surface area contributed by atoms with Gasteiger partial charge in [-0.1, -0.05) is 30.0 Å². The first-order valence-corrected chi connectivity index (χ1v) is 7.21. The molecule has 0 aliphatic rings. The van der Waals surface area contributed by atoms with Crippen LogP contribution in [-0.2, 0) is 0 Å². The second kappa shape index (κ2) is 6.90. The fourth-order valence-corrected chi connectivity index (χ4v) is 2.23. The van der Waals surface area contributed by atoms with Crippen molar-refractivity contribution in [3.8, 4) is 0 Å². The zero-order valence-electron chi connectivity index (χ0n) is 11.4. The average Bonchev–Trinajstić information content (AvgIpc) is 2.49. The van der Waals surface area contributed by atoms with Gasteiger partial charge >= 0.3 is 0 Å². The van der Waals surface area contributed by atoms with Crippen LogP contribution in [0.25, 0.3) is 0 Å². The number of benzene rings is 1. The third-order valence-electron chi connectivity index (χ3n) is 2.62. The highest BCUT2D eigenvalue weighted by Crippen LogP contribution is 2.17. The number of aromatic nitrogens is 2. The number of hydrogen-bond donors (Lipinski definition) is 3. The molecule has 1 aromatic heterocycles. The average molecular weight is 320 g/mol. The molecule has 0 aliphatic carbocycles.